The second-order valence-corrected chi connectivity index (χ2v) is 15.6. The molecule has 0 fully saturated rings. The maximum absolute atomic E-state index is 9.76. The molecule has 0 radical (unpaired) electrons. The van der Waals surface area contributed by atoms with Crippen molar-refractivity contribution in [2.75, 3.05) is 0 Å². The fourth-order valence-corrected chi connectivity index (χ4v) is 9.94. The summed E-state index contributed by atoms with van der Waals surface area (Å²) in [5.74, 6) is 0. The van der Waals surface area contributed by atoms with Crippen LogP contribution in [-0.2, 0) is 0 Å². The van der Waals surface area contributed by atoms with Crippen molar-refractivity contribution in [3.63, 3.8) is 0 Å². The maximum atomic E-state index is 9.76. The topological polar surface area (TPSA) is 23.8 Å². The highest BCUT2D eigenvalue weighted by atomic mass is 14.3. The maximum Gasteiger partial charge on any atom is 0.0991 e. The molecule has 0 aliphatic heterocycles. The van der Waals surface area contributed by atoms with E-state index in [2.05, 4.69) is 163 Å². The number of fused-ring (bicyclic) bond motifs is 8. The number of nitrogens with zero attached hydrogens (tertiary/aromatic N) is 1. The molecule has 1 aliphatic rings. The highest BCUT2D eigenvalue weighted by Gasteiger charge is 2.32. The van der Waals surface area contributed by atoms with Gasteiger partial charge in [0.15, 0.2) is 0 Å². The number of hydrogen-bond acceptors (Lipinski definition) is 1. The molecule has 0 saturated heterocycles. The Bertz CT molecular complexity index is 3100. The van der Waals surface area contributed by atoms with Gasteiger partial charge in [0.2, 0.25) is 0 Å². The van der Waals surface area contributed by atoms with Crippen molar-refractivity contribution in [3.05, 3.63) is 166 Å². The summed E-state index contributed by atoms with van der Waals surface area (Å²) in [5.41, 5.74) is 20.7. The average Bonchev–Trinajstić information content (AvgIpc) is 3.48. The first-order valence-corrected chi connectivity index (χ1v) is 18.9. The van der Waals surface area contributed by atoms with Crippen LogP contribution in [0.3, 0.4) is 0 Å². The lowest BCUT2D eigenvalue weighted by atomic mass is 9.80. The van der Waals surface area contributed by atoms with Crippen LogP contribution in [0.4, 0.5) is 0 Å². The lowest BCUT2D eigenvalue weighted by Crippen LogP contribution is -1.96. The van der Waals surface area contributed by atoms with Gasteiger partial charge in [-0.3, -0.25) is 0 Å². The zero-order valence-electron chi connectivity index (χ0n) is 31.6. The van der Waals surface area contributed by atoms with Gasteiger partial charge in [0.1, 0.15) is 0 Å². The number of rotatable bonds is 3. The molecular weight excluding hydrogens is 651 g/mol. The highest BCUT2D eigenvalue weighted by molar-refractivity contribution is 6.33. The van der Waals surface area contributed by atoms with E-state index in [0.29, 0.717) is 5.56 Å². The minimum Gasteiger partial charge on any atom is -0.192 e. The minimum atomic E-state index is 0.704. The fourth-order valence-electron chi connectivity index (χ4n) is 9.94. The largest absolute Gasteiger partial charge is 0.192 e. The zero-order valence-corrected chi connectivity index (χ0v) is 31.6. The summed E-state index contributed by atoms with van der Waals surface area (Å²) in [5, 5.41) is 20.0. The van der Waals surface area contributed by atoms with E-state index in [0.717, 1.165) is 11.1 Å². The molecule has 0 aromatic heterocycles. The second kappa shape index (κ2) is 11.8. The first-order valence-electron chi connectivity index (χ1n) is 18.9. The third kappa shape index (κ3) is 4.63. The molecule has 0 bridgehead atoms. The summed E-state index contributed by atoms with van der Waals surface area (Å²) in [4.78, 5) is 0. The van der Waals surface area contributed by atoms with Crippen molar-refractivity contribution in [2.24, 2.45) is 0 Å². The fraction of sp³-hybridized carbons (Fsp3) is 0.113. The van der Waals surface area contributed by atoms with Gasteiger partial charge < -0.3 is 0 Å². The lowest BCUT2D eigenvalue weighted by Gasteiger charge is -2.23. The standard InChI is InChI=1S/C53H39N/c1-29-20-30(2)23-37(22-29)48-45-18-16-40-39-11-8-7-10-36(39)14-15-42(40)51(45)49(38-24-31(3)21-32(4)25-38)53-46-19-17-43(41-12-9-13-44(50(41)46)52(48)53)47-33(5)26-35(28-54)27-34(47)6/h7-27H,1-6H3. The van der Waals surface area contributed by atoms with Crippen LogP contribution in [0.2, 0.25) is 0 Å². The van der Waals surface area contributed by atoms with E-state index >= 15 is 0 Å². The number of hydrogen-bond donors (Lipinski definition) is 0. The minimum absolute atomic E-state index is 0.704. The van der Waals surface area contributed by atoms with Crippen molar-refractivity contribution in [3.8, 4) is 61.7 Å². The van der Waals surface area contributed by atoms with Gasteiger partial charge in [0.25, 0.3) is 0 Å². The first-order chi connectivity index (χ1) is 26.2. The molecule has 0 atom stereocenters. The Morgan fingerprint density at radius 3 is 1.61 bits per heavy atom. The van der Waals surface area contributed by atoms with Gasteiger partial charge in [0, 0.05) is 0 Å². The van der Waals surface area contributed by atoms with E-state index in [1.807, 2.05) is 12.1 Å². The molecular formula is C53H39N. The van der Waals surface area contributed by atoms with Crippen LogP contribution in [0.25, 0.3) is 98.7 Å². The normalized spacial score (nSPS) is 11.9. The molecule has 0 unspecified atom stereocenters. The molecule has 0 heterocycles. The summed E-state index contributed by atoms with van der Waals surface area (Å²) in [6, 6.07) is 50.3. The van der Waals surface area contributed by atoms with Crippen LogP contribution in [0.1, 0.15) is 38.9 Å². The van der Waals surface area contributed by atoms with E-state index < -0.39 is 0 Å². The Morgan fingerprint density at radius 1 is 0.370 bits per heavy atom. The van der Waals surface area contributed by atoms with Gasteiger partial charge in [-0.25, -0.2) is 0 Å². The molecule has 54 heavy (non-hydrogen) atoms. The molecule has 0 amide bonds. The Balaban J connectivity index is 1.45. The summed E-state index contributed by atoms with van der Waals surface area (Å²) >= 11 is 0. The monoisotopic (exact) mass is 689 g/mol. The first kappa shape index (κ1) is 32.2. The number of aryl methyl sites for hydroxylation is 6. The van der Waals surface area contributed by atoms with Crippen LogP contribution in [0, 0.1) is 52.9 Å². The van der Waals surface area contributed by atoms with Crippen LogP contribution in [0.15, 0.2) is 127 Å². The predicted molar refractivity (Wildman–Crippen MR) is 230 cm³/mol. The van der Waals surface area contributed by atoms with E-state index in [1.165, 1.54) is 121 Å². The van der Waals surface area contributed by atoms with E-state index in [-0.39, 0.29) is 0 Å². The molecule has 9 aromatic rings. The summed E-state index contributed by atoms with van der Waals surface area (Å²) in [6.07, 6.45) is 0. The number of benzene rings is 9. The van der Waals surface area contributed by atoms with Crippen LogP contribution < -0.4 is 0 Å². The van der Waals surface area contributed by atoms with Crippen LogP contribution in [0.5, 0.6) is 0 Å². The Hall–Kier alpha value is -6.49. The van der Waals surface area contributed by atoms with E-state index in [4.69, 9.17) is 0 Å². The third-order valence-corrected chi connectivity index (χ3v) is 11.7. The molecule has 1 aliphatic carbocycles. The third-order valence-electron chi connectivity index (χ3n) is 11.7. The molecule has 0 saturated carbocycles. The Kier molecular flexibility index (Phi) is 7.01. The quantitative estimate of drug-likeness (QED) is 0.169. The van der Waals surface area contributed by atoms with E-state index in [9.17, 15) is 5.26 Å². The molecule has 1 nitrogen and oxygen atoms in total. The summed E-state index contributed by atoms with van der Waals surface area (Å²) < 4.78 is 0. The van der Waals surface area contributed by atoms with Gasteiger partial charge in [-0.05, 0) is 164 Å². The molecule has 10 rings (SSSR count). The highest BCUT2D eigenvalue weighted by Crippen LogP contribution is 2.59. The van der Waals surface area contributed by atoms with Crippen molar-refractivity contribution >= 4 is 43.1 Å². The van der Waals surface area contributed by atoms with Gasteiger partial charge >= 0.3 is 0 Å². The SMILES string of the molecule is Cc1cc(C)cc(-c2c3c(c(-c4cc(C)cc(C)c4)c4c2ccc2c5ccccc5ccc24)-c2ccc(-c4c(C)cc(C#N)cc4C)c4cccc-3c24)c1. The summed E-state index contributed by atoms with van der Waals surface area (Å²) in [6.45, 7) is 13.2. The van der Waals surface area contributed by atoms with E-state index in [1.54, 1.807) is 0 Å². The van der Waals surface area contributed by atoms with Crippen molar-refractivity contribution in [1.29, 1.82) is 5.26 Å². The van der Waals surface area contributed by atoms with Gasteiger partial charge in [-0.1, -0.05) is 138 Å². The van der Waals surface area contributed by atoms with Crippen LogP contribution in [-0.4, -0.2) is 0 Å². The average molecular weight is 690 g/mol. The van der Waals surface area contributed by atoms with Crippen LogP contribution >= 0.6 is 0 Å². The summed E-state index contributed by atoms with van der Waals surface area (Å²) in [7, 11) is 0. The van der Waals surface area contributed by atoms with Crippen molar-refractivity contribution < 1.29 is 0 Å². The van der Waals surface area contributed by atoms with Gasteiger partial charge in [0.05, 0.1) is 11.6 Å². The Morgan fingerprint density at radius 2 is 0.926 bits per heavy atom. The van der Waals surface area contributed by atoms with Gasteiger partial charge in [-0.15, -0.1) is 0 Å². The van der Waals surface area contributed by atoms with Crippen molar-refractivity contribution in [2.45, 2.75) is 41.5 Å². The molecule has 9 aromatic carbocycles. The number of nitriles is 1. The lowest BCUT2D eigenvalue weighted by molar-refractivity contribution is 1.35. The molecule has 0 N–H and O–H groups in total. The molecule has 1 heteroatoms. The predicted octanol–water partition coefficient (Wildman–Crippen LogP) is 14.7. The second-order valence-electron chi connectivity index (χ2n) is 15.6. The Labute approximate surface area is 316 Å². The smallest absolute Gasteiger partial charge is 0.0991 e. The van der Waals surface area contributed by atoms with Gasteiger partial charge in [-0.2, -0.15) is 5.26 Å². The molecule has 0 spiro atoms. The zero-order chi connectivity index (χ0) is 37.0. The molecule has 256 valence electrons. The van der Waals surface area contributed by atoms with Crippen molar-refractivity contribution in [1.82, 2.24) is 0 Å².